The minimum atomic E-state index is -4.59. The predicted octanol–water partition coefficient (Wildman–Crippen LogP) is 14.4. The van der Waals surface area contributed by atoms with Crippen LogP contribution < -0.4 is 0 Å². The summed E-state index contributed by atoms with van der Waals surface area (Å²) < 4.78 is 48.4. The van der Waals surface area contributed by atoms with Crippen molar-refractivity contribution in [3.63, 3.8) is 0 Å². The van der Waals surface area contributed by atoms with E-state index in [4.69, 9.17) is 0 Å². The van der Waals surface area contributed by atoms with Crippen molar-refractivity contribution < 1.29 is 13.2 Å². The predicted molar refractivity (Wildman–Crippen MR) is 231 cm³/mol. The molecular weight excluding hydrogens is 724 g/mol. The van der Waals surface area contributed by atoms with E-state index in [0.717, 1.165) is 83.1 Å². The highest BCUT2D eigenvalue weighted by Crippen LogP contribution is 2.44. The van der Waals surface area contributed by atoms with E-state index in [2.05, 4.69) is 114 Å². The van der Waals surface area contributed by atoms with E-state index in [1.807, 2.05) is 48.5 Å². The van der Waals surface area contributed by atoms with E-state index in [0.29, 0.717) is 28.1 Å². The monoisotopic (exact) mass is 757 g/mol. The molecule has 58 heavy (non-hydrogen) atoms. The maximum absolute atomic E-state index is 14.8. The Morgan fingerprint density at radius 3 is 1.48 bits per heavy atom. The molecule has 10 aromatic rings. The Hall–Kier alpha value is -7.36. The van der Waals surface area contributed by atoms with Crippen molar-refractivity contribution in [3.05, 3.63) is 192 Å². The van der Waals surface area contributed by atoms with Gasteiger partial charge in [0.2, 0.25) is 0 Å². The summed E-state index contributed by atoms with van der Waals surface area (Å²) >= 11 is 0. The van der Waals surface area contributed by atoms with Gasteiger partial charge in [-0.3, -0.25) is 0 Å². The van der Waals surface area contributed by atoms with Crippen LogP contribution in [0.5, 0.6) is 0 Å². The molecule has 0 radical (unpaired) electrons. The summed E-state index contributed by atoms with van der Waals surface area (Å²) in [6.45, 7) is 4.14. The van der Waals surface area contributed by atoms with Crippen LogP contribution in [0.2, 0.25) is 0 Å². The number of aromatic nitrogens is 2. The quantitative estimate of drug-likeness (QED) is 0.172. The first kappa shape index (κ1) is 35.1. The third kappa shape index (κ3) is 5.74. The molecule has 0 atom stereocenters. The van der Waals surface area contributed by atoms with Crippen LogP contribution in [0.3, 0.4) is 0 Å². The van der Waals surface area contributed by atoms with Gasteiger partial charge < -0.3 is 9.13 Å². The molecule has 0 unspecified atom stereocenters. The maximum atomic E-state index is 14.8. The molecule has 0 saturated carbocycles. The number of halogens is 3. The zero-order valence-corrected chi connectivity index (χ0v) is 31.6. The van der Waals surface area contributed by atoms with E-state index in [-0.39, 0.29) is 0 Å². The third-order valence-corrected chi connectivity index (χ3v) is 11.3. The Morgan fingerprint density at radius 1 is 0.431 bits per heavy atom. The minimum absolute atomic E-state index is 0.391. The van der Waals surface area contributed by atoms with Crippen molar-refractivity contribution in [3.8, 4) is 50.8 Å². The van der Waals surface area contributed by atoms with Gasteiger partial charge in [-0.2, -0.15) is 18.4 Å². The second-order valence-electron chi connectivity index (χ2n) is 15.0. The summed E-state index contributed by atoms with van der Waals surface area (Å²) in [6, 6.07) is 57.0. The number of rotatable bonds is 5. The summed E-state index contributed by atoms with van der Waals surface area (Å²) in [7, 11) is 0. The summed E-state index contributed by atoms with van der Waals surface area (Å²) in [5.74, 6) is 0. The lowest BCUT2D eigenvalue weighted by molar-refractivity contribution is -0.137. The molecule has 10 rings (SSSR count). The lowest BCUT2D eigenvalue weighted by Gasteiger charge is -2.20. The van der Waals surface area contributed by atoms with Crippen LogP contribution in [0.4, 0.5) is 13.2 Å². The van der Waals surface area contributed by atoms with Crippen LogP contribution in [0, 0.1) is 25.2 Å². The highest BCUT2D eigenvalue weighted by atomic mass is 19.4. The van der Waals surface area contributed by atoms with Crippen LogP contribution in [0.1, 0.15) is 22.3 Å². The Labute approximate surface area is 333 Å². The number of alkyl halides is 3. The molecule has 0 amide bonds. The molecule has 0 saturated heterocycles. The van der Waals surface area contributed by atoms with Gasteiger partial charge in [0.25, 0.3) is 0 Å². The van der Waals surface area contributed by atoms with Crippen LogP contribution in [-0.4, -0.2) is 9.13 Å². The fourth-order valence-electron chi connectivity index (χ4n) is 8.61. The zero-order valence-electron chi connectivity index (χ0n) is 31.6. The maximum Gasteiger partial charge on any atom is 0.416 e. The van der Waals surface area contributed by atoms with Gasteiger partial charge in [0.15, 0.2) is 0 Å². The van der Waals surface area contributed by atoms with Crippen molar-refractivity contribution in [2.24, 2.45) is 0 Å². The second kappa shape index (κ2) is 13.4. The Balaban J connectivity index is 1.27. The molecule has 0 fully saturated rings. The number of para-hydroxylation sites is 2. The topological polar surface area (TPSA) is 33.6 Å². The molecule has 3 nitrogen and oxygen atoms in total. The van der Waals surface area contributed by atoms with E-state index in [9.17, 15) is 18.4 Å². The minimum Gasteiger partial charge on any atom is -0.309 e. The van der Waals surface area contributed by atoms with Gasteiger partial charge in [-0.25, -0.2) is 0 Å². The molecule has 0 spiro atoms. The summed E-state index contributed by atoms with van der Waals surface area (Å²) in [6.07, 6.45) is -4.59. The summed E-state index contributed by atoms with van der Waals surface area (Å²) in [4.78, 5) is 0. The molecule has 278 valence electrons. The molecule has 6 heteroatoms. The number of fused-ring (bicyclic) bond motifs is 6. The Morgan fingerprint density at radius 2 is 0.948 bits per heavy atom. The molecule has 0 aliphatic heterocycles. The molecule has 0 bridgehead atoms. The van der Waals surface area contributed by atoms with Crippen molar-refractivity contribution >= 4 is 43.6 Å². The second-order valence-corrected chi connectivity index (χ2v) is 15.0. The van der Waals surface area contributed by atoms with E-state index in [1.165, 1.54) is 6.07 Å². The number of nitrogens with zero attached hydrogens (tertiary/aromatic N) is 3. The summed E-state index contributed by atoms with van der Waals surface area (Å²) in [5, 5.41) is 14.2. The first-order valence-electron chi connectivity index (χ1n) is 19.1. The van der Waals surface area contributed by atoms with Crippen molar-refractivity contribution in [2.75, 3.05) is 0 Å². The van der Waals surface area contributed by atoms with Crippen LogP contribution >= 0.6 is 0 Å². The molecular formula is C52H34F3N3. The van der Waals surface area contributed by atoms with E-state index >= 15 is 0 Å². The normalized spacial score (nSPS) is 11.9. The van der Waals surface area contributed by atoms with Crippen molar-refractivity contribution in [1.29, 1.82) is 5.26 Å². The van der Waals surface area contributed by atoms with Gasteiger partial charge in [-0.15, -0.1) is 0 Å². The molecule has 0 aliphatic rings. The molecule has 0 N–H and O–H groups in total. The average Bonchev–Trinajstić information content (AvgIpc) is 3.75. The Kier molecular flexibility index (Phi) is 8.10. The van der Waals surface area contributed by atoms with Crippen LogP contribution in [-0.2, 0) is 6.18 Å². The number of benzene rings is 8. The standard InChI is InChI=1S/C52H34F3N3/c1-32-9-7-11-35(25-32)37-18-22-48-43(28-37)40-13-3-5-15-46(40)57(48)50-24-20-39(52(53,54)55)30-45(50)42-21-17-34(31-56)27-51(42)58-47-16-6-4-14-41(47)44-29-38(19-23-49(44)58)36-12-8-10-33(2)26-36/h3-30H,1-2H3. The first-order valence-corrected chi connectivity index (χ1v) is 19.1. The van der Waals surface area contributed by atoms with Crippen molar-refractivity contribution in [1.82, 2.24) is 9.13 Å². The Bertz CT molecular complexity index is 3320. The lowest BCUT2D eigenvalue weighted by atomic mass is 9.96. The van der Waals surface area contributed by atoms with E-state index in [1.54, 1.807) is 24.3 Å². The largest absolute Gasteiger partial charge is 0.416 e. The molecule has 0 aliphatic carbocycles. The summed E-state index contributed by atoms with van der Waals surface area (Å²) in [5.41, 5.74) is 11.9. The molecule has 8 aromatic carbocycles. The fourth-order valence-corrected chi connectivity index (χ4v) is 8.61. The van der Waals surface area contributed by atoms with Crippen LogP contribution in [0.25, 0.3) is 88.4 Å². The zero-order chi connectivity index (χ0) is 39.7. The lowest BCUT2D eigenvalue weighted by Crippen LogP contribution is -2.08. The average molecular weight is 758 g/mol. The molecule has 2 heterocycles. The van der Waals surface area contributed by atoms with Crippen LogP contribution in [0.15, 0.2) is 170 Å². The van der Waals surface area contributed by atoms with Crippen molar-refractivity contribution in [2.45, 2.75) is 20.0 Å². The highest BCUT2D eigenvalue weighted by Gasteiger charge is 2.32. The van der Waals surface area contributed by atoms with Gasteiger partial charge >= 0.3 is 6.18 Å². The van der Waals surface area contributed by atoms with Gasteiger partial charge in [-0.1, -0.05) is 114 Å². The SMILES string of the molecule is Cc1cccc(-c2ccc3c(c2)c2ccccc2n3-c2ccc(C(F)(F)F)cc2-c2ccc(C#N)cc2-n2c3ccccc3c3cc(-c4cccc(C)c4)ccc32)c1. The smallest absolute Gasteiger partial charge is 0.309 e. The number of hydrogen-bond donors (Lipinski definition) is 0. The fraction of sp³-hybridized carbons (Fsp3) is 0.0577. The van der Waals surface area contributed by atoms with Gasteiger partial charge in [0.1, 0.15) is 0 Å². The van der Waals surface area contributed by atoms with Gasteiger partial charge in [0.05, 0.1) is 50.6 Å². The van der Waals surface area contributed by atoms with Gasteiger partial charge in [-0.05, 0) is 103 Å². The highest BCUT2D eigenvalue weighted by molar-refractivity contribution is 6.12. The number of nitriles is 1. The van der Waals surface area contributed by atoms with E-state index < -0.39 is 11.7 Å². The third-order valence-electron chi connectivity index (χ3n) is 11.3. The van der Waals surface area contributed by atoms with Gasteiger partial charge in [0, 0.05) is 32.7 Å². The first-order chi connectivity index (χ1) is 28.2. The molecule has 2 aromatic heterocycles. The number of aryl methyl sites for hydroxylation is 2. The number of hydrogen-bond acceptors (Lipinski definition) is 1.